The van der Waals surface area contributed by atoms with Crippen LogP contribution in [-0.4, -0.2) is 29.6 Å². The standard InChI is InChI=1S/C19H19N3O3S/c1-2-25-17(23)12-16-18(20-14-10-6-7-11-15(14)26-16)21-22-19(24)13-8-4-3-5-9-13/h3-11,16H,2,12H2,1H3,(H,20,21)(H,22,24). The number of hydrogen-bond acceptors (Lipinski definition) is 6. The van der Waals surface area contributed by atoms with Gasteiger partial charge >= 0.3 is 5.97 Å². The molecule has 0 fully saturated rings. The lowest BCUT2D eigenvalue weighted by Gasteiger charge is -2.24. The lowest BCUT2D eigenvalue weighted by atomic mass is 10.2. The first kappa shape index (κ1) is 18.0. The number of para-hydroxylation sites is 1. The van der Waals surface area contributed by atoms with Gasteiger partial charge in [0.05, 0.1) is 24.0 Å². The van der Waals surface area contributed by atoms with Crippen molar-refractivity contribution in [3.8, 4) is 0 Å². The molecule has 1 unspecified atom stereocenters. The summed E-state index contributed by atoms with van der Waals surface area (Å²) >= 11 is 1.52. The van der Waals surface area contributed by atoms with Gasteiger partial charge in [-0.05, 0) is 31.2 Å². The van der Waals surface area contributed by atoms with Crippen molar-refractivity contribution in [1.29, 1.82) is 0 Å². The number of carbonyl (C=O) groups excluding carboxylic acids is 2. The van der Waals surface area contributed by atoms with Gasteiger partial charge in [0.15, 0.2) is 0 Å². The van der Waals surface area contributed by atoms with E-state index in [2.05, 4.69) is 15.8 Å². The SMILES string of the molecule is CCOC(=O)CC1Sc2ccccc2N=C1NNC(=O)c1ccccc1. The summed E-state index contributed by atoms with van der Waals surface area (Å²) < 4.78 is 5.05. The van der Waals surface area contributed by atoms with Gasteiger partial charge in [0.25, 0.3) is 5.91 Å². The van der Waals surface area contributed by atoms with Gasteiger partial charge in [-0.2, -0.15) is 0 Å². The number of ether oxygens (including phenoxy) is 1. The number of esters is 1. The Morgan fingerprint density at radius 3 is 2.62 bits per heavy atom. The molecule has 0 aromatic heterocycles. The van der Waals surface area contributed by atoms with Crippen LogP contribution in [0.3, 0.4) is 0 Å². The van der Waals surface area contributed by atoms with Crippen LogP contribution in [0.4, 0.5) is 5.69 Å². The third kappa shape index (κ3) is 4.43. The Labute approximate surface area is 156 Å². The van der Waals surface area contributed by atoms with Crippen molar-refractivity contribution >= 4 is 35.2 Å². The van der Waals surface area contributed by atoms with Crippen LogP contribution in [0.2, 0.25) is 0 Å². The monoisotopic (exact) mass is 369 g/mol. The molecule has 0 spiro atoms. The fourth-order valence-electron chi connectivity index (χ4n) is 2.46. The summed E-state index contributed by atoms with van der Waals surface area (Å²) in [5, 5.41) is -0.264. The van der Waals surface area contributed by atoms with E-state index in [1.807, 2.05) is 30.3 Å². The molecule has 1 amide bonds. The number of carbonyl (C=O) groups is 2. The lowest BCUT2D eigenvalue weighted by Crippen LogP contribution is -2.46. The zero-order valence-electron chi connectivity index (χ0n) is 14.3. The molecule has 0 bridgehead atoms. The zero-order chi connectivity index (χ0) is 18.4. The number of hydrogen-bond donors (Lipinski definition) is 2. The predicted octanol–water partition coefficient (Wildman–Crippen LogP) is 3.08. The van der Waals surface area contributed by atoms with E-state index in [-0.39, 0.29) is 23.5 Å². The molecule has 0 saturated carbocycles. The summed E-state index contributed by atoms with van der Waals surface area (Å²) in [5.74, 6) is -0.0497. The van der Waals surface area contributed by atoms with E-state index < -0.39 is 0 Å². The average molecular weight is 369 g/mol. The van der Waals surface area contributed by atoms with Crippen molar-refractivity contribution in [3.63, 3.8) is 0 Å². The van der Waals surface area contributed by atoms with E-state index in [0.717, 1.165) is 10.6 Å². The lowest BCUT2D eigenvalue weighted by molar-refractivity contribution is -0.142. The Morgan fingerprint density at radius 2 is 1.85 bits per heavy atom. The second kappa shape index (κ2) is 8.53. The van der Waals surface area contributed by atoms with Crippen molar-refractivity contribution < 1.29 is 14.3 Å². The fourth-order valence-corrected chi connectivity index (χ4v) is 3.60. The molecule has 7 heteroatoms. The Hall–Kier alpha value is -2.80. The van der Waals surface area contributed by atoms with Gasteiger partial charge in [-0.15, -0.1) is 11.8 Å². The number of amides is 1. The molecular weight excluding hydrogens is 350 g/mol. The topological polar surface area (TPSA) is 79.8 Å². The largest absolute Gasteiger partial charge is 0.466 e. The zero-order valence-corrected chi connectivity index (χ0v) is 15.1. The molecular formula is C19H19N3O3S. The second-order valence-electron chi connectivity index (χ2n) is 5.53. The highest BCUT2D eigenvalue weighted by molar-refractivity contribution is 8.01. The van der Waals surface area contributed by atoms with Crippen LogP contribution < -0.4 is 10.9 Å². The number of amidine groups is 1. The van der Waals surface area contributed by atoms with E-state index in [9.17, 15) is 9.59 Å². The molecule has 1 atom stereocenters. The van der Waals surface area contributed by atoms with Crippen molar-refractivity contribution in [2.24, 2.45) is 4.99 Å². The Morgan fingerprint density at radius 1 is 1.12 bits per heavy atom. The minimum Gasteiger partial charge on any atom is -0.466 e. The minimum atomic E-state index is -0.298. The molecule has 2 N–H and O–H groups in total. The highest BCUT2D eigenvalue weighted by Crippen LogP contribution is 2.38. The molecule has 1 aliphatic heterocycles. The molecule has 26 heavy (non-hydrogen) atoms. The molecule has 1 aliphatic rings. The molecule has 2 aromatic carbocycles. The van der Waals surface area contributed by atoms with Gasteiger partial charge < -0.3 is 4.74 Å². The average Bonchev–Trinajstić information content (AvgIpc) is 2.67. The van der Waals surface area contributed by atoms with Crippen LogP contribution in [0.15, 0.2) is 64.5 Å². The van der Waals surface area contributed by atoms with Crippen LogP contribution in [0, 0.1) is 0 Å². The summed E-state index contributed by atoms with van der Waals surface area (Å²) in [7, 11) is 0. The van der Waals surface area contributed by atoms with E-state index in [0.29, 0.717) is 18.0 Å². The van der Waals surface area contributed by atoms with Crippen molar-refractivity contribution in [3.05, 3.63) is 60.2 Å². The van der Waals surface area contributed by atoms with Crippen LogP contribution in [0.1, 0.15) is 23.7 Å². The first-order valence-corrected chi connectivity index (χ1v) is 9.16. The summed E-state index contributed by atoms with van der Waals surface area (Å²) in [6.45, 7) is 2.10. The van der Waals surface area contributed by atoms with Crippen LogP contribution >= 0.6 is 11.8 Å². The fraction of sp³-hybridized carbons (Fsp3) is 0.211. The number of rotatable bonds is 4. The molecule has 0 saturated heterocycles. The van der Waals surface area contributed by atoms with E-state index in [4.69, 9.17) is 4.74 Å². The molecule has 0 aliphatic carbocycles. The normalized spacial score (nSPS) is 15.4. The summed E-state index contributed by atoms with van der Waals surface area (Å²) in [4.78, 5) is 29.7. The maximum Gasteiger partial charge on any atom is 0.307 e. The summed E-state index contributed by atoms with van der Waals surface area (Å²) in [6, 6.07) is 16.6. The van der Waals surface area contributed by atoms with Crippen LogP contribution in [0.5, 0.6) is 0 Å². The van der Waals surface area contributed by atoms with E-state index in [1.54, 1.807) is 31.2 Å². The Bertz CT molecular complexity index is 824. The number of aliphatic imine (C=N–C) groups is 1. The Balaban J connectivity index is 1.75. The maximum absolute atomic E-state index is 12.2. The molecule has 2 aromatic rings. The quantitative estimate of drug-likeness (QED) is 0.640. The molecule has 134 valence electrons. The number of benzene rings is 2. The maximum atomic E-state index is 12.2. The highest BCUT2D eigenvalue weighted by atomic mass is 32.2. The molecule has 0 radical (unpaired) electrons. The summed E-state index contributed by atoms with van der Waals surface area (Å²) in [6.07, 6.45) is 0.167. The first-order chi connectivity index (χ1) is 12.7. The van der Waals surface area contributed by atoms with Gasteiger partial charge in [0, 0.05) is 10.5 Å². The number of thioether (sulfide) groups is 1. The predicted molar refractivity (Wildman–Crippen MR) is 101 cm³/mol. The molecule has 6 nitrogen and oxygen atoms in total. The number of nitrogens with one attached hydrogen (secondary N) is 2. The van der Waals surface area contributed by atoms with E-state index >= 15 is 0 Å². The number of fused-ring (bicyclic) bond motifs is 1. The van der Waals surface area contributed by atoms with Crippen molar-refractivity contribution in [2.75, 3.05) is 6.61 Å². The molecule has 1 heterocycles. The first-order valence-electron chi connectivity index (χ1n) is 8.28. The van der Waals surface area contributed by atoms with Gasteiger partial charge in [0.1, 0.15) is 5.84 Å². The third-order valence-electron chi connectivity index (χ3n) is 3.68. The minimum absolute atomic E-state index is 0.167. The van der Waals surface area contributed by atoms with Gasteiger partial charge in [-0.3, -0.25) is 20.4 Å². The van der Waals surface area contributed by atoms with Crippen molar-refractivity contribution in [2.45, 2.75) is 23.5 Å². The summed E-state index contributed by atoms with van der Waals surface area (Å²) in [5.41, 5.74) is 6.86. The van der Waals surface area contributed by atoms with E-state index in [1.165, 1.54) is 11.8 Å². The second-order valence-corrected chi connectivity index (χ2v) is 6.77. The Kier molecular flexibility index (Phi) is 5.91. The number of nitrogens with zero attached hydrogens (tertiary/aromatic N) is 1. The van der Waals surface area contributed by atoms with Crippen LogP contribution in [0.25, 0.3) is 0 Å². The van der Waals surface area contributed by atoms with Crippen LogP contribution in [-0.2, 0) is 9.53 Å². The van der Waals surface area contributed by atoms with Crippen molar-refractivity contribution in [1.82, 2.24) is 10.9 Å². The third-order valence-corrected chi connectivity index (χ3v) is 4.95. The smallest absolute Gasteiger partial charge is 0.307 e. The molecule has 3 rings (SSSR count). The highest BCUT2D eigenvalue weighted by Gasteiger charge is 2.27. The number of hydrazine groups is 1. The van der Waals surface area contributed by atoms with Gasteiger partial charge in [-0.25, -0.2) is 4.99 Å². The van der Waals surface area contributed by atoms with Gasteiger partial charge in [-0.1, -0.05) is 30.3 Å². The van der Waals surface area contributed by atoms with Gasteiger partial charge in [0.2, 0.25) is 0 Å².